The van der Waals surface area contributed by atoms with Gasteiger partial charge in [0.15, 0.2) is 0 Å². The molecule has 0 aliphatic carbocycles. The highest BCUT2D eigenvalue weighted by molar-refractivity contribution is 7.18. The predicted molar refractivity (Wildman–Crippen MR) is 111 cm³/mol. The lowest BCUT2D eigenvalue weighted by molar-refractivity contribution is -0.119. The number of halogens is 1. The highest BCUT2D eigenvalue weighted by atomic mass is 35.5. The van der Waals surface area contributed by atoms with E-state index in [2.05, 4.69) is 10.4 Å². The lowest BCUT2D eigenvalue weighted by Crippen LogP contribution is -2.27. The molecule has 0 aromatic carbocycles. The van der Waals surface area contributed by atoms with Crippen LogP contribution in [0.3, 0.4) is 0 Å². The van der Waals surface area contributed by atoms with E-state index in [-0.39, 0.29) is 28.0 Å². The number of nitrogens with zero attached hydrogens (tertiary/aromatic N) is 2. The normalized spacial score (nSPS) is 11.8. The minimum absolute atomic E-state index is 0.134. The molecule has 10 heteroatoms. The van der Waals surface area contributed by atoms with Gasteiger partial charge in [-0.3, -0.25) is 9.48 Å². The van der Waals surface area contributed by atoms with Gasteiger partial charge in [-0.2, -0.15) is 5.10 Å². The Kier molecular flexibility index (Phi) is 7.43. The lowest BCUT2D eigenvalue weighted by Gasteiger charge is -2.17. The largest absolute Gasteiger partial charge is 0.465 e. The number of rotatable bonds is 7. The van der Waals surface area contributed by atoms with Crippen LogP contribution >= 0.6 is 22.9 Å². The van der Waals surface area contributed by atoms with Crippen molar-refractivity contribution in [2.24, 2.45) is 0 Å². The van der Waals surface area contributed by atoms with E-state index in [0.717, 1.165) is 11.3 Å². The van der Waals surface area contributed by atoms with E-state index in [9.17, 15) is 14.4 Å². The molecule has 1 atom stereocenters. The van der Waals surface area contributed by atoms with Gasteiger partial charge in [-0.1, -0.05) is 18.5 Å². The standard InChI is InChI=1S/C19H24ClN3O5S/c1-7-12(23-11(5)14(20)10(4)22-23)16(24)21-17-13(18(25)27-6)9(3)15(29-17)19(26)28-8-2/h12H,7-8H2,1-6H3,(H,21,24). The molecule has 0 aliphatic rings. The monoisotopic (exact) mass is 441 g/mol. The highest BCUT2D eigenvalue weighted by Crippen LogP contribution is 2.35. The van der Waals surface area contributed by atoms with Crippen LogP contribution in [0.5, 0.6) is 0 Å². The summed E-state index contributed by atoms with van der Waals surface area (Å²) in [7, 11) is 1.24. The van der Waals surface area contributed by atoms with Crippen LogP contribution in [-0.2, 0) is 14.3 Å². The van der Waals surface area contributed by atoms with Gasteiger partial charge in [0.2, 0.25) is 5.91 Å². The fourth-order valence-electron chi connectivity index (χ4n) is 2.95. The molecule has 0 fully saturated rings. The Morgan fingerprint density at radius 2 is 1.86 bits per heavy atom. The van der Waals surface area contributed by atoms with Crippen molar-refractivity contribution in [1.29, 1.82) is 0 Å². The molecule has 158 valence electrons. The first-order valence-corrected chi connectivity index (χ1v) is 10.3. The van der Waals surface area contributed by atoms with Crippen molar-refractivity contribution in [1.82, 2.24) is 9.78 Å². The predicted octanol–water partition coefficient (Wildman–Crippen LogP) is 4.08. The number of amides is 1. The molecule has 0 aliphatic heterocycles. The summed E-state index contributed by atoms with van der Waals surface area (Å²) in [6, 6.07) is -0.639. The maximum absolute atomic E-state index is 13.0. The van der Waals surface area contributed by atoms with Gasteiger partial charge in [0, 0.05) is 0 Å². The van der Waals surface area contributed by atoms with Gasteiger partial charge in [-0.25, -0.2) is 9.59 Å². The summed E-state index contributed by atoms with van der Waals surface area (Å²) < 4.78 is 11.4. The van der Waals surface area contributed by atoms with Gasteiger partial charge < -0.3 is 14.8 Å². The fourth-order valence-corrected chi connectivity index (χ4v) is 4.17. The summed E-state index contributed by atoms with van der Waals surface area (Å²) in [5, 5.41) is 7.84. The minimum atomic E-state index is -0.646. The van der Waals surface area contributed by atoms with Gasteiger partial charge in [-0.15, -0.1) is 11.3 Å². The second-order valence-corrected chi connectivity index (χ2v) is 7.71. The van der Waals surface area contributed by atoms with Gasteiger partial charge in [0.25, 0.3) is 0 Å². The molecule has 2 aromatic rings. The Morgan fingerprint density at radius 1 is 1.21 bits per heavy atom. The Balaban J connectivity index is 2.44. The Morgan fingerprint density at radius 3 is 2.34 bits per heavy atom. The second-order valence-electron chi connectivity index (χ2n) is 6.32. The zero-order valence-corrected chi connectivity index (χ0v) is 18.8. The quantitative estimate of drug-likeness (QED) is 0.650. The first-order valence-electron chi connectivity index (χ1n) is 9.08. The fraction of sp³-hybridized carbons (Fsp3) is 0.474. The summed E-state index contributed by atoms with van der Waals surface area (Å²) >= 11 is 7.19. The summed E-state index contributed by atoms with van der Waals surface area (Å²) in [6.45, 7) is 8.90. The SMILES string of the molecule is CCOC(=O)c1sc(NC(=O)C(CC)n2nc(C)c(Cl)c2C)c(C(=O)OC)c1C. The molecule has 2 heterocycles. The van der Waals surface area contributed by atoms with E-state index >= 15 is 0 Å². The number of hydrogen-bond acceptors (Lipinski definition) is 7. The number of thiophene rings is 1. The highest BCUT2D eigenvalue weighted by Gasteiger charge is 2.30. The van der Waals surface area contributed by atoms with Crippen molar-refractivity contribution in [2.75, 3.05) is 19.0 Å². The molecule has 8 nitrogen and oxygen atoms in total. The first-order chi connectivity index (χ1) is 13.7. The summed E-state index contributed by atoms with van der Waals surface area (Å²) in [6.07, 6.45) is 0.451. The molecule has 1 amide bonds. The first kappa shape index (κ1) is 22.9. The van der Waals surface area contributed by atoms with Crippen molar-refractivity contribution >= 4 is 45.8 Å². The van der Waals surface area contributed by atoms with Crippen LogP contribution in [0.15, 0.2) is 0 Å². The lowest BCUT2D eigenvalue weighted by atomic mass is 10.1. The Bertz CT molecular complexity index is 950. The van der Waals surface area contributed by atoms with Crippen LogP contribution in [-0.4, -0.2) is 41.3 Å². The van der Waals surface area contributed by atoms with E-state index in [1.807, 2.05) is 6.92 Å². The molecule has 0 spiro atoms. The van der Waals surface area contributed by atoms with Crippen molar-refractivity contribution < 1.29 is 23.9 Å². The van der Waals surface area contributed by atoms with Gasteiger partial charge >= 0.3 is 11.9 Å². The number of carbonyl (C=O) groups excluding carboxylic acids is 3. The molecular weight excluding hydrogens is 418 g/mol. The van der Waals surface area contributed by atoms with E-state index in [1.54, 1.807) is 32.4 Å². The molecule has 29 heavy (non-hydrogen) atoms. The van der Waals surface area contributed by atoms with E-state index in [4.69, 9.17) is 21.1 Å². The van der Waals surface area contributed by atoms with Crippen LogP contribution in [0.2, 0.25) is 5.02 Å². The van der Waals surface area contributed by atoms with Crippen molar-refractivity contribution in [3.8, 4) is 0 Å². The maximum atomic E-state index is 13.0. The van der Waals surface area contributed by atoms with Gasteiger partial charge in [0.1, 0.15) is 15.9 Å². The third-order valence-electron chi connectivity index (χ3n) is 4.46. The zero-order chi connectivity index (χ0) is 21.9. The molecule has 0 bridgehead atoms. The number of carbonyl (C=O) groups is 3. The smallest absolute Gasteiger partial charge is 0.348 e. The van der Waals surface area contributed by atoms with E-state index in [1.165, 1.54) is 7.11 Å². The van der Waals surface area contributed by atoms with Crippen LogP contribution < -0.4 is 5.32 Å². The molecular formula is C19H24ClN3O5S. The van der Waals surface area contributed by atoms with Gasteiger partial charge in [-0.05, 0) is 39.7 Å². The number of ether oxygens (including phenoxy) is 2. The Labute approximate surface area is 178 Å². The Hall–Kier alpha value is -2.39. The second kappa shape index (κ2) is 9.41. The summed E-state index contributed by atoms with van der Waals surface area (Å²) in [5.41, 5.74) is 1.84. The summed E-state index contributed by atoms with van der Waals surface area (Å²) in [4.78, 5) is 37.8. The van der Waals surface area contributed by atoms with Gasteiger partial charge in [0.05, 0.1) is 35.7 Å². The third-order valence-corrected chi connectivity index (χ3v) is 6.19. The molecule has 0 saturated carbocycles. The average molecular weight is 442 g/mol. The maximum Gasteiger partial charge on any atom is 0.348 e. The molecule has 2 aromatic heterocycles. The van der Waals surface area contributed by atoms with Crippen LogP contribution in [0, 0.1) is 20.8 Å². The molecule has 2 rings (SSSR count). The number of esters is 2. The number of nitrogens with one attached hydrogen (secondary N) is 1. The number of anilines is 1. The van der Waals surface area contributed by atoms with E-state index in [0.29, 0.717) is 28.4 Å². The van der Waals surface area contributed by atoms with Crippen molar-refractivity contribution in [3.63, 3.8) is 0 Å². The van der Waals surface area contributed by atoms with Crippen LogP contribution in [0.25, 0.3) is 0 Å². The third kappa shape index (κ3) is 4.45. The molecule has 1 N–H and O–H groups in total. The van der Waals surface area contributed by atoms with E-state index < -0.39 is 18.0 Å². The molecule has 0 radical (unpaired) electrons. The molecule has 1 unspecified atom stereocenters. The summed E-state index contributed by atoms with van der Waals surface area (Å²) in [5.74, 6) is -1.58. The number of methoxy groups -OCH3 is 1. The number of aromatic nitrogens is 2. The topological polar surface area (TPSA) is 99.5 Å². The number of aryl methyl sites for hydroxylation is 1. The molecule has 0 saturated heterocycles. The number of hydrogen-bond donors (Lipinski definition) is 1. The van der Waals surface area contributed by atoms with Crippen LogP contribution in [0.1, 0.15) is 63.3 Å². The minimum Gasteiger partial charge on any atom is -0.465 e. The zero-order valence-electron chi connectivity index (χ0n) is 17.2. The van der Waals surface area contributed by atoms with Crippen molar-refractivity contribution in [2.45, 2.75) is 47.1 Å². The van der Waals surface area contributed by atoms with Crippen molar-refractivity contribution in [3.05, 3.63) is 32.4 Å². The van der Waals surface area contributed by atoms with Crippen LogP contribution in [0.4, 0.5) is 5.00 Å². The average Bonchev–Trinajstić information content (AvgIpc) is 3.13.